The summed E-state index contributed by atoms with van der Waals surface area (Å²) in [5.41, 5.74) is 8.84. The Kier molecular flexibility index (Phi) is 3.37. The minimum Gasteiger partial charge on any atom is -0.496 e. The summed E-state index contributed by atoms with van der Waals surface area (Å²) >= 11 is 6.30. The molecule has 1 aliphatic rings. The Morgan fingerprint density at radius 3 is 2.76 bits per heavy atom. The summed E-state index contributed by atoms with van der Waals surface area (Å²) in [5.74, 6) is 0.914. The number of nitrogens with two attached hydrogens (primary N) is 1. The van der Waals surface area contributed by atoms with Crippen molar-refractivity contribution in [1.82, 2.24) is 0 Å². The molecule has 0 heterocycles. The highest BCUT2D eigenvalue weighted by Gasteiger charge is 2.30. The quantitative estimate of drug-likeness (QED) is 0.775. The van der Waals surface area contributed by atoms with E-state index in [-0.39, 0.29) is 11.5 Å². The van der Waals surface area contributed by atoms with Gasteiger partial charge in [0.05, 0.1) is 7.11 Å². The molecule has 0 fully saturated rings. The molecule has 0 saturated carbocycles. The van der Waals surface area contributed by atoms with E-state index >= 15 is 0 Å². The summed E-state index contributed by atoms with van der Waals surface area (Å²) in [4.78, 5) is 0. The first-order chi connectivity index (χ1) is 7.94. The molecule has 2 nitrogen and oxygen atoms in total. The van der Waals surface area contributed by atoms with Gasteiger partial charge in [0.1, 0.15) is 5.75 Å². The maximum Gasteiger partial charge on any atom is 0.122 e. The van der Waals surface area contributed by atoms with Gasteiger partial charge in [-0.25, -0.2) is 0 Å². The lowest BCUT2D eigenvalue weighted by atomic mass is 9.83. The monoisotopic (exact) mass is 253 g/mol. The average Bonchev–Trinajstić information content (AvgIpc) is 2.36. The van der Waals surface area contributed by atoms with Gasteiger partial charge in [-0.2, -0.15) is 0 Å². The fourth-order valence-electron chi connectivity index (χ4n) is 2.73. The van der Waals surface area contributed by atoms with Crippen LogP contribution in [0.4, 0.5) is 0 Å². The van der Waals surface area contributed by atoms with Crippen molar-refractivity contribution in [2.24, 2.45) is 11.1 Å². The SMILES string of the molecule is COc1ccc(Cl)c2c1CCC(C)(C)CC2N. The largest absolute Gasteiger partial charge is 0.496 e. The van der Waals surface area contributed by atoms with Crippen LogP contribution < -0.4 is 10.5 Å². The molecular formula is C14H20ClNO. The molecule has 2 rings (SSSR count). The van der Waals surface area contributed by atoms with Gasteiger partial charge in [0.2, 0.25) is 0 Å². The molecule has 0 radical (unpaired) electrons. The van der Waals surface area contributed by atoms with Gasteiger partial charge in [0, 0.05) is 16.6 Å². The van der Waals surface area contributed by atoms with Crippen LogP contribution in [0, 0.1) is 5.41 Å². The van der Waals surface area contributed by atoms with Crippen LogP contribution in [0.1, 0.15) is 43.9 Å². The molecule has 0 amide bonds. The van der Waals surface area contributed by atoms with E-state index in [9.17, 15) is 0 Å². The number of benzene rings is 1. The van der Waals surface area contributed by atoms with E-state index in [1.54, 1.807) is 7.11 Å². The van der Waals surface area contributed by atoms with Gasteiger partial charge in [-0.3, -0.25) is 0 Å². The standard InChI is InChI=1S/C14H20ClNO/c1-14(2)7-6-9-12(17-3)5-4-10(15)13(9)11(16)8-14/h4-5,11H,6-8,16H2,1-3H3. The van der Waals surface area contributed by atoms with Gasteiger partial charge in [0.25, 0.3) is 0 Å². The third-order valence-corrected chi connectivity index (χ3v) is 4.01. The Labute approximate surface area is 108 Å². The summed E-state index contributed by atoms with van der Waals surface area (Å²) in [6, 6.07) is 3.83. The van der Waals surface area contributed by atoms with Crippen molar-refractivity contribution < 1.29 is 4.74 Å². The second kappa shape index (κ2) is 4.51. The van der Waals surface area contributed by atoms with Gasteiger partial charge in [-0.05, 0) is 42.4 Å². The number of fused-ring (bicyclic) bond motifs is 1. The van der Waals surface area contributed by atoms with Crippen LogP contribution in [0.15, 0.2) is 12.1 Å². The van der Waals surface area contributed by atoms with Crippen LogP contribution in [0.5, 0.6) is 5.75 Å². The van der Waals surface area contributed by atoms with Crippen LogP contribution in [0.2, 0.25) is 5.02 Å². The maximum absolute atomic E-state index is 6.31. The molecule has 2 N–H and O–H groups in total. The van der Waals surface area contributed by atoms with Crippen LogP contribution in [0.25, 0.3) is 0 Å². The van der Waals surface area contributed by atoms with Crippen LogP contribution >= 0.6 is 11.6 Å². The molecule has 1 aromatic carbocycles. The molecule has 0 saturated heterocycles. The minimum atomic E-state index is 0.00472. The smallest absolute Gasteiger partial charge is 0.122 e. The number of hydrogen-bond acceptors (Lipinski definition) is 2. The van der Waals surface area contributed by atoms with Crippen molar-refractivity contribution in [1.29, 1.82) is 0 Å². The molecule has 0 bridgehead atoms. The molecule has 0 aromatic heterocycles. The van der Waals surface area contributed by atoms with Crippen molar-refractivity contribution in [3.05, 3.63) is 28.3 Å². The molecule has 17 heavy (non-hydrogen) atoms. The molecule has 3 heteroatoms. The number of rotatable bonds is 1. The first-order valence-corrected chi connectivity index (χ1v) is 6.43. The zero-order chi connectivity index (χ0) is 12.6. The van der Waals surface area contributed by atoms with Crippen molar-refractivity contribution in [2.75, 3.05) is 7.11 Å². The fraction of sp³-hybridized carbons (Fsp3) is 0.571. The van der Waals surface area contributed by atoms with E-state index in [2.05, 4.69) is 13.8 Å². The molecule has 0 aliphatic heterocycles. The second-order valence-electron chi connectivity index (χ2n) is 5.62. The second-order valence-corrected chi connectivity index (χ2v) is 6.02. The summed E-state index contributed by atoms with van der Waals surface area (Å²) in [5, 5.41) is 0.769. The van der Waals surface area contributed by atoms with Crippen LogP contribution in [-0.2, 0) is 6.42 Å². The van der Waals surface area contributed by atoms with Gasteiger partial charge < -0.3 is 10.5 Å². The van der Waals surface area contributed by atoms with E-state index in [1.807, 2.05) is 12.1 Å². The number of hydrogen-bond donors (Lipinski definition) is 1. The number of ether oxygens (including phenoxy) is 1. The topological polar surface area (TPSA) is 35.2 Å². The molecular weight excluding hydrogens is 234 g/mol. The van der Waals surface area contributed by atoms with Gasteiger partial charge in [-0.1, -0.05) is 25.4 Å². The summed E-state index contributed by atoms with van der Waals surface area (Å²) in [6.07, 6.45) is 3.07. The van der Waals surface area contributed by atoms with Gasteiger partial charge in [0.15, 0.2) is 0 Å². The predicted octanol–water partition coefficient (Wildman–Crippen LogP) is 3.71. The molecule has 94 valence electrons. The molecule has 1 unspecified atom stereocenters. The van der Waals surface area contributed by atoms with Gasteiger partial charge >= 0.3 is 0 Å². The summed E-state index contributed by atoms with van der Waals surface area (Å²) in [7, 11) is 1.70. The Hall–Kier alpha value is -0.730. The van der Waals surface area contributed by atoms with Crippen LogP contribution in [-0.4, -0.2) is 7.11 Å². The summed E-state index contributed by atoms with van der Waals surface area (Å²) < 4.78 is 5.43. The van der Waals surface area contributed by atoms with Crippen LogP contribution in [0.3, 0.4) is 0 Å². The third-order valence-electron chi connectivity index (χ3n) is 3.68. The Morgan fingerprint density at radius 2 is 2.12 bits per heavy atom. The zero-order valence-corrected chi connectivity index (χ0v) is 11.5. The number of methoxy groups -OCH3 is 1. The highest BCUT2D eigenvalue weighted by Crippen LogP contribution is 2.43. The van der Waals surface area contributed by atoms with E-state index in [1.165, 1.54) is 5.56 Å². The summed E-state index contributed by atoms with van der Waals surface area (Å²) in [6.45, 7) is 4.53. The van der Waals surface area contributed by atoms with Crippen molar-refractivity contribution in [2.45, 2.75) is 39.2 Å². The lowest BCUT2D eigenvalue weighted by Crippen LogP contribution is -2.19. The lowest BCUT2D eigenvalue weighted by Gasteiger charge is -2.24. The van der Waals surface area contributed by atoms with E-state index in [0.717, 1.165) is 35.6 Å². The Morgan fingerprint density at radius 1 is 1.41 bits per heavy atom. The van der Waals surface area contributed by atoms with E-state index < -0.39 is 0 Å². The molecule has 1 atom stereocenters. The Balaban J connectivity index is 2.53. The maximum atomic E-state index is 6.31. The van der Waals surface area contributed by atoms with Crippen molar-refractivity contribution in [3.8, 4) is 5.75 Å². The minimum absolute atomic E-state index is 0.00472. The normalized spacial score (nSPS) is 22.8. The predicted molar refractivity (Wildman–Crippen MR) is 71.7 cm³/mol. The lowest BCUT2D eigenvalue weighted by molar-refractivity contribution is 0.293. The third kappa shape index (κ3) is 2.43. The highest BCUT2D eigenvalue weighted by atomic mass is 35.5. The van der Waals surface area contributed by atoms with E-state index in [0.29, 0.717) is 0 Å². The molecule has 0 spiro atoms. The first-order valence-electron chi connectivity index (χ1n) is 6.05. The fourth-order valence-corrected chi connectivity index (χ4v) is 3.05. The molecule has 1 aromatic rings. The zero-order valence-electron chi connectivity index (χ0n) is 10.7. The van der Waals surface area contributed by atoms with Crippen molar-refractivity contribution >= 4 is 11.6 Å². The van der Waals surface area contributed by atoms with Crippen molar-refractivity contribution in [3.63, 3.8) is 0 Å². The number of halogens is 1. The Bertz CT molecular complexity index is 428. The molecule has 1 aliphatic carbocycles. The average molecular weight is 254 g/mol. The first kappa shape index (κ1) is 12.7. The van der Waals surface area contributed by atoms with Gasteiger partial charge in [-0.15, -0.1) is 0 Å². The van der Waals surface area contributed by atoms with E-state index in [4.69, 9.17) is 22.1 Å². The highest BCUT2D eigenvalue weighted by molar-refractivity contribution is 6.31.